The first kappa shape index (κ1) is 34.5. The highest BCUT2D eigenvalue weighted by molar-refractivity contribution is 7.38. The summed E-state index contributed by atoms with van der Waals surface area (Å²) in [6, 6.07) is 0. The fourth-order valence-corrected chi connectivity index (χ4v) is 6.28. The van der Waals surface area contributed by atoms with E-state index in [-0.39, 0.29) is 0 Å². The summed E-state index contributed by atoms with van der Waals surface area (Å²) in [4.78, 5) is 12.1. The molecule has 0 aromatic heterocycles. The minimum atomic E-state index is -2.43. The number of allylic oxidation sites excluding steroid dienone is 4. The summed E-state index contributed by atoms with van der Waals surface area (Å²) in [5.74, 6) is 0. The van der Waals surface area contributed by atoms with E-state index in [2.05, 4.69) is 38.2 Å². The molecular weight excluding hydrogens is 449 g/mol. The van der Waals surface area contributed by atoms with Crippen molar-refractivity contribution in [2.45, 2.75) is 154 Å². The molecule has 0 aliphatic carbocycles. The molecule has 3 nitrogen and oxygen atoms in total. The average Bonchev–Trinajstić information content (AvgIpc) is 2.80. The molecule has 206 valence electrons. The predicted octanol–water partition coefficient (Wildman–Crippen LogP) is 9.84. The van der Waals surface area contributed by atoms with Gasteiger partial charge < -0.3 is 4.89 Å². The lowest BCUT2D eigenvalue weighted by Crippen LogP contribution is -2.55. The minimum Gasteiger partial charge on any atom is -0.590 e. The normalized spacial score (nSPS) is 14.7. The van der Waals surface area contributed by atoms with E-state index in [1.807, 2.05) is 21.1 Å². The molecule has 0 rings (SSSR count). The Morgan fingerprint density at radius 2 is 0.943 bits per heavy atom. The summed E-state index contributed by atoms with van der Waals surface area (Å²) in [6.07, 6.45) is 35.2. The summed E-state index contributed by atoms with van der Waals surface area (Å²) in [5, 5.41) is -0.606. The summed E-state index contributed by atoms with van der Waals surface area (Å²) in [7, 11) is 3.65. The van der Waals surface area contributed by atoms with Crippen LogP contribution in [0.1, 0.15) is 149 Å². The van der Waals surface area contributed by atoms with Gasteiger partial charge in [0.2, 0.25) is 0 Å². The van der Waals surface area contributed by atoms with Gasteiger partial charge in [0.15, 0.2) is 0 Å². The van der Waals surface area contributed by atoms with Crippen molar-refractivity contribution >= 4 is 8.03 Å². The van der Waals surface area contributed by atoms with Gasteiger partial charge in [-0.15, -0.1) is 0 Å². The van der Waals surface area contributed by atoms with Crippen LogP contribution in [0.15, 0.2) is 24.3 Å². The smallest absolute Gasteiger partial charge is 0.376 e. The number of hydrogen-bond acceptors (Lipinski definition) is 2. The highest BCUT2D eigenvalue weighted by Crippen LogP contribution is 2.45. The van der Waals surface area contributed by atoms with Crippen LogP contribution in [0, 0.1) is 0 Å². The zero-order valence-corrected chi connectivity index (χ0v) is 25.3. The van der Waals surface area contributed by atoms with Gasteiger partial charge in [-0.2, -0.15) is 0 Å². The van der Waals surface area contributed by atoms with Gasteiger partial charge in [0.1, 0.15) is 0 Å². The van der Waals surface area contributed by atoms with Crippen LogP contribution >= 0.6 is 8.03 Å². The maximum atomic E-state index is 12.1. The van der Waals surface area contributed by atoms with Crippen molar-refractivity contribution in [1.82, 2.24) is 0 Å². The lowest BCUT2D eigenvalue weighted by Gasteiger charge is -2.39. The number of quaternary nitrogens is 1. The number of hydrogen-bond donors (Lipinski definition) is 0. The maximum Gasteiger partial charge on any atom is 0.376 e. The van der Waals surface area contributed by atoms with E-state index < -0.39 is 13.3 Å². The van der Waals surface area contributed by atoms with E-state index >= 15 is 0 Å². The largest absolute Gasteiger partial charge is 0.590 e. The summed E-state index contributed by atoms with van der Waals surface area (Å²) >= 11 is 0. The third-order valence-corrected chi connectivity index (χ3v) is 9.21. The molecule has 0 bridgehead atoms. The van der Waals surface area contributed by atoms with Gasteiger partial charge in [0.25, 0.3) is 5.28 Å². The third kappa shape index (κ3) is 17.6. The first-order valence-corrected chi connectivity index (χ1v) is 16.3. The molecule has 0 saturated heterocycles. The third-order valence-electron chi connectivity index (χ3n) is 7.49. The zero-order valence-electron chi connectivity index (χ0n) is 24.4. The zero-order chi connectivity index (χ0) is 26.3. The second-order valence-electron chi connectivity index (χ2n) is 11.4. The van der Waals surface area contributed by atoms with Crippen molar-refractivity contribution in [2.24, 2.45) is 0 Å². The molecule has 2 unspecified atom stereocenters. The Bertz CT molecular complexity index is 553. The topological polar surface area (TPSA) is 40.1 Å². The lowest BCUT2D eigenvalue weighted by atomic mass is 9.99. The molecule has 2 atom stereocenters. The molecule has 0 saturated carbocycles. The Hall–Kier alpha value is -0.500. The highest BCUT2D eigenvalue weighted by atomic mass is 31.1. The molecule has 0 radical (unpaired) electrons. The fourth-order valence-electron chi connectivity index (χ4n) is 5.04. The number of rotatable bonds is 25. The predicted molar refractivity (Wildman–Crippen MR) is 155 cm³/mol. The van der Waals surface area contributed by atoms with Crippen LogP contribution in [0.25, 0.3) is 0 Å². The maximum absolute atomic E-state index is 12.1. The van der Waals surface area contributed by atoms with Gasteiger partial charge >= 0.3 is 8.03 Å². The van der Waals surface area contributed by atoms with Gasteiger partial charge in [-0.1, -0.05) is 101 Å². The number of nitrogens with zero attached hydrogens (tertiary/aromatic N) is 1. The van der Waals surface area contributed by atoms with Crippen LogP contribution in [0.4, 0.5) is 0 Å². The quantitative estimate of drug-likeness (QED) is 0.0530. The Balaban J connectivity index is 3.61. The Morgan fingerprint density at radius 1 is 0.571 bits per heavy atom. The Kier molecular flexibility index (Phi) is 22.4. The second kappa shape index (κ2) is 22.7. The molecule has 35 heavy (non-hydrogen) atoms. The molecule has 0 aliphatic heterocycles. The van der Waals surface area contributed by atoms with Crippen molar-refractivity contribution in [3.05, 3.63) is 24.3 Å². The lowest BCUT2D eigenvalue weighted by molar-refractivity contribution is -0.910. The van der Waals surface area contributed by atoms with Gasteiger partial charge in [0.05, 0.1) is 21.1 Å². The summed E-state index contributed by atoms with van der Waals surface area (Å²) < 4.78 is 12.6. The monoisotopic (exact) mass is 510 g/mol. The van der Waals surface area contributed by atoms with Crippen molar-refractivity contribution in [3.63, 3.8) is 0 Å². The van der Waals surface area contributed by atoms with E-state index in [1.165, 1.54) is 96.3 Å². The molecular formula is C31H61NO2P+. The Labute approximate surface area is 221 Å². The minimum absolute atomic E-state index is 0.510. The molecule has 0 heterocycles. The SMILES string of the molecule is CCCCC/C=C\CCCCCCCCCC/C=C\CCCCCC(CCC)([P+](=O)[O-])[N+](C)(C)C. The van der Waals surface area contributed by atoms with Gasteiger partial charge in [-0.25, -0.2) is 0 Å². The molecule has 4 heteroatoms. The first-order valence-electron chi connectivity index (χ1n) is 15.1. The molecule has 0 aromatic rings. The van der Waals surface area contributed by atoms with Crippen LogP contribution in [0.2, 0.25) is 0 Å². The average molecular weight is 511 g/mol. The van der Waals surface area contributed by atoms with E-state index in [0.29, 0.717) is 4.48 Å². The molecule has 0 spiro atoms. The van der Waals surface area contributed by atoms with Crippen LogP contribution < -0.4 is 4.89 Å². The standard InChI is InChI=1S/C31H61NO2P/c1-6-8-9-10-11-12-13-14-15-16-17-18-19-20-21-22-23-24-25-26-27-28-30-31(29-7-2,35(33)34)32(3,4)5/h11-12,23-24H,6-10,13-22,25-30H2,1-5H3/q+1/b12-11-,24-23-. The van der Waals surface area contributed by atoms with E-state index in [1.54, 1.807) is 0 Å². The number of unbranched alkanes of at least 4 members (excludes halogenated alkanes) is 15. The molecule has 0 fully saturated rings. The summed E-state index contributed by atoms with van der Waals surface area (Å²) in [5.41, 5.74) is 0. The van der Waals surface area contributed by atoms with Crippen LogP contribution in [0.3, 0.4) is 0 Å². The van der Waals surface area contributed by atoms with E-state index in [9.17, 15) is 9.46 Å². The molecule has 0 aromatic carbocycles. The van der Waals surface area contributed by atoms with Crippen molar-refractivity contribution in [1.29, 1.82) is 0 Å². The van der Waals surface area contributed by atoms with Crippen molar-refractivity contribution in [2.75, 3.05) is 21.1 Å². The molecule has 0 N–H and O–H groups in total. The molecule has 0 aliphatic rings. The van der Waals surface area contributed by atoms with Crippen LogP contribution in [-0.2, 0) is 4.57 Å². The van der Waals surface area contributed by atoms with Gasteiger partial charge in [-0.3, -0.25) is 4.48 Å². The van der Waals surface area contributed by atoms with E-state index in [0.717, 1.165) is 38.5 Å². The first-order chi connectivity index (χ1) is 16.8. The highest BCUT2D eigenvalue weighted by Gasteiger charge is 2.53. The van der Waals surface area contributed by atoms with Gasteiger partial charge in [0, 0.05) is 12.8 Å². The molecule has 0 amide bonds. The Morgan fingerprint density at radius 3 is 1.29 bits per heavy atom. The fraction of sp³-hybridized carbons (Fsp3) is 0.871. The summed E-state index contributed by atoms with van der Waals surface area (Å²) in [6.45, 7) is 4.35. The second-order valence-corrected chi connectivity index (χ2v) is 12.8. The van der Waals surface area contributed by atoms with Crippen LogP contribution in [0.5, 0.6) is 0 Å². The van der Waals surface area contributed by atoms with Crippen LogP contribution in [-0.4, -0.2) is 30.9 Å². The van der Waals surface area contributed by atoms with E-state index in [4.69, 9.17) is 0 Å². The van der Waals surface area contributed by atoms with Gasteiger partial charge in [-0.05, 0) is 64.2 Å². The van der Waals surface area contributed by atoms with Crippen molar-refractivity contribution in [3.8, 4) is 0 Å². The van der Waals surface area contributed by atoms with Crippen molar-refractivity contribution < 1.29 is 13.9 Å².